The largest absolute Gasteiger partial charge is 0.495 e. The minimum atomic E-state index is -3.84. The number of nitrogens with one attached hydrogen (secondary N) is 1. The fraction of sp³-hybridized carbons (Fsp3) is 0.632. The van der Waals surface area contributed by atoms with Crippen LogP contribution in [0.5, 0.6) is 5.75 Å². The van der Waals surface area contributed by atoms with Crippen LogP contribution in [0.4, 0.5) is 0 Å². The van der Waals surface area contributed by atoms with Crippen LogP contribution in [0.2, 0.25) is 5.02 Å². The Kier molecular flexibility index (Phi) is 7.20. The number of piperazine rings is 1. The van der Waals surface area contributed by atoms with Crippen LogP contribution >= 0.6 is 11.6 Å². The third kappa shape index (κ3) is 4.79. The first-order valence-electron chi connectivity index (χ1n) is 9.77. The molecule has 0 atom stereocenters. The van der Waals surface area contributed by atoms with Gasteiger partial charge in [-0.1, -0.05) is 24.4 Å². The summed E-state index contributed by atoms with van der Waals surface area (Å²) in [7, 11) is -2.39. The van der Waals surface area contributed by atoms with Crippen molar-refractivity contribution in [1.29, 1.82) is 0 Å². The number of benzene rings is 1. The number of halogens is 1. The standard InChI is InChI=1S/C19H28ClN3O4S/c1-27-17-7-6-15(20)14-18(17)28(25,26)23(16-4-2-3-5-16)11-8-19(24)22-12-9-21-10-13-22/h6-7,14,16,21H,2-5,8-13H2,1H3. The first-order valence-corrected chi connectivity index (χ1v) is 11.6. The van der Waals surface area contributed by atoms with Crippen molar-refractivity contribution >= 4 is 27.5 Å². The lowest BCUT2D eigenvalue weighted by Crippen LogP contribution is -2.48. The van der Waals surface area contributed by atoms with Crippen molar-refractivity contribution in [3.63, 3.8) is 0 Å². The number of ether oxygens (including phenoxy) is 1. The molecule has 1 aliphatic heterocycles. The minimum absolute atomic E-state index is 0.00208. The molecule has 1 saturated heterocycles. The molecule has 3 rings (SSSR count). The van der Waals surface area contributed by atoms with Crippen molar-refractivity contribution in [3.05, 3.63) is 23.2 Å². The monoisotopic (exact) mass is 429 g/mol. The molecule has 28 heavy (non-hydrogen) atoms. The number of methoxy groups -OCH3 is 1. The van der Waals surface area contributed by atoms with E-state index >= 15 is 0 Å². The summed E-state index contributed by atoms with van der Waals surface area (Å²) in [6, 6.07) is 4.50. The number of carbonyl (C=O) groups is 1. The summed E-state index contributed by atoms with van der Waals surface area (Å²) in [6.07, 6.45) is 3.79. The van der Waals surface area contributed by atoms with Gasteiger partial charge in [0, 0.05) is 50.2 Å². The van der Waals surface area contributed by atoms with E-state index in [1.54, 1.807) is 17.0 Å². The Balaban J connectivity index is 1.83. The molecule has 0 unspecified atom stereocenters. The van der Waals surface area contributed by atoms with Gasteiger partial charge >= 0.3 is 0 Å². The molecule has 1 heterocycles. The lowest BCUT2D eigenvalue weighted by molar-refractivity contribution is -0.131. The summed E-state index contributed by atoms with van der Waals surface area (Å²) in [4.78, 5) is 14.4. The van der Waals surface area contributed by atoms with Crippen molar-refractivity contribution in [2.24, 2.45) is 0 Å². The van der Waals surface area contributed by atoms with Gasteiger partial charge in [-0.25, -0.2) is 8.42 Å². The molecule has 2 aliphatic rings. The van der Waals surface area contributed by atoms with Crippen LogP contribution < -0.4 is 10.1 Å². The molecule has 1 aliphatic carbocycles. The summed E-state index contributed by atoms with van der Waals surface area (Å²) < 4.78 is 33.8. The Hall–Kier alpha value is -1.35. The van der Waals surface area contributed by atoms with Gasteiger partial charge in [0.05, 0.1) is 7.11 Å². The molecule has 1 aromatic carbocycles. The second-order valence-corrected chi connectivity index (χ2v) is 9.53. The number of hydrogen-bond donors (Lipinski definition) is 1. The topological polar surface area (TPSA) is 79.0 Å². The molecule has 7 nitrogen and oxygen atoms in total. The maximum absolute atomic E-state index is 13.5. The number of amides is 1. The summed E-state index contributed by atoms with van der Waals surface area (Å²) in [5.41, 5.74) is 0. The Morgan fingerprint density at radius 3 is 2.61 bits per heavy atom. The highest BCUT2D eigenvalue weighted by atomic mass is 35.5. The second kappa shape index (κ2) is 9.43. The van der Waals surface area contributed by atoms with E-state index in [1.807, 2.05) is 0 Å². The Bertz CT molecular complexity index is 790. The number of sulfonamides is 1. The maximum Gasteiger partial charge on any atom is 0.247 e. The molecule has 0 bridgehead atoms. The average Bonchev–Trinajstić information content (AvgIpc) is 3.22. The van der Waals surface area contributed by atoms with E-state index in [4.69, 9.17) is 16.3 Å². The molecule has 1 amide bonds. The van der Waals surface area contributed by atoms with Crippen LogP contribution in [0.15, 0.2) is 23.1 Å². The molecule has 1 aromatic rings. The van der Waals surface area contributed by atoms with Crippen LogP contribution in [0.1, 0.15) is 32.1 Å². The lowest BCUT2D eigenvalue weighted by Gasteiger charge is -2.31. The van der Waals surface area contributed by atoms with Crippen molar-refractivity contribution in [2.75, 3.05) is 39.8 Å². The van der Waals surface area contributed by atoms with Gasteiger partial charge < -0.3 is 15.0 Å². The average molecular weight is 430 g/mol. The number of carbonyl (C=O) groups excluding carboxylic acids is 1. The van der Waals surface area contributed by atoms with E-state index in [2.05, 4.69) is 5.32 Å². The van der Waals surface area contributed by atoms with E-state index in [-0.39, 0.29) is 35.6 Å². The van der Waals surface area contributed by atoms with Gasteiger partial charge in [0.1, 0.15) is 10.6 Å². The zero-order valence-electron chi connectivity index (χ0n) is 16.2. The minimum Gasteiger partial charge on any atom is -0.495 e. The molecular formula is C19H28ClN3O4S. The highest BCUT2D eigenvalue weighted by Gasteiger charge is 2.35. The van der Waals surface area contributed by atoms with E-state index in [9.17, 15) is 13.2 Å². The smallest absolute Gasteiger partial charge is 0.247 e. The molecular weight excluding hydrogens is 402 g/mol. The van der Waals surface area contributed by atoms with Crippen LogP contribution in [0, 0.1) is 0 Å². The highest BCUT2D eigenvalue weighted by molar-refractivity contribution is 7.89. The summed E-state index contributed by atoms with van der Waals surface area (Å²) >= 11 is 6.07. The molecule has 2 fully saturated rings. The summed E-state index contributed by atoms with van der Waals surface area (Å²) in [5.74, 6) is 0.263. The molecule has 0 radical (unpaired) electrons. The second-order valence-electron chi connectivity index (χ2n) is 7.23. The first kappa shape index (κ1) is 21.4. The van der Waals surface area contributed by atoms with Crippen molar-refractivity contribution < 1.29 is 17.9 Å². The number of rotatable bonds is 7. The van der Waals surface area contributed by atoms with Gasteiger partial charge in [0.2, 0.25) is 15.9 Å². The molecule has 0 spiro atoms. The van der Waals surface area contributed by atoms with E-state index < -0.39 is 10.0 Å². The summed E-state index contributed by atoms with van der Waals surface area (Å²) in [5, 5.41) is 3.55. The zero-order valence-corrected chi connectivity index (χ0v) is 17.8. The zero-order chi connectivity index (χ0) is 20.1. The third-order valence-electron chi connectivity index (χ3n) is 5.46. The highest BCUT2D eigenvalue weighted by Crippen LogP contribution is 2.34. The fourth-order valence-electron chi connectivity index (χ4n) is 3.95. The van der Waals surface area contributed by atoms with Crippen LogP contribution in [-0.2, 0) is 14.8 Å². The van der Waals surface area contributed by atoms with Crippen molar-refractivity contribution in [2.45, 2.75) is 43.0 Å². The van der Waals surface area contributed by atoms with Gasteiger partial charge in [-0.15, -0.1) is 0 Å². The molecule has 0 aromatic heterocycles. The Morgan fingerprint density at radius 1 is 1.29 bits per heavy atom. The SMILES string of the molecule is COc1ccc(Cl)cc1S(=O)(=O)N(CCC(=O)N1CCNCC1)C1CCCC1. The molecule has 1 N–H and O–H groups in total. The van der Waals surface area contributed by atoms with Crippen molar-refractivity contribution in [1.82, 2.24) is 14.5 Å². The van der Waals surface area contributed by atoms with E-state index in [0.717, 1.165) is 38.8 Å². The molecule has 1 saturated carbocycles. The molecule has 9 heteroatoms. The number of nitrogens with zero attached hydrogens (tertiary/aromatic N) is 2. The molecule has 156 valence electrons. The van der Waals surface area contributed by atoms with Gasteiger partial charge in [0.15, 0.2) is 0 Å². The Morgan fingerprint density at radius 2 is 1.96 bits per heavy atom. The maximum atomic E-state index is 13.5. The van der Waals surface area contributed by atoms with Crippen LogP contribution in [0.25, 0.3) is 0 Å². The quantitative estimate of drug-likeness (QED) is 0.718. The summed E-state index contributed by atoms with van der Waals surface area (Å²) in [6.45, 7) is 3.05. The van der Waals surface area contributed by atoms with Crippen LogP contribution in [-0.4, -0.2) is 69.4 Å². The van der Waals surface area contributed by atoms with Gasteiger partial charge in [-0.2, -0.15) is 4.31 Å². The van der Waals surface area contributed by atoms with E-state index in [1.165, 1.54) is 17.5 Å². The fourth-order valence-corrected chi connectivity index (χ4v) is 6.05. The van der Waals surface area contributed by atoms with Gasteiger partial charge in [0.25, 0.3) is 0 Å². The predicted molar refractivity (Wildman–Crippen MR) is 108 cm³/mol. The normalized spacial score (nSPS) is 18.6. The number of hydrogen-bond acceptors (Lipinski definition) is 5. The van der Waals surface area contributed by atoms with E-state index in [0.29, 0.717) is 18.1 Å². The van der Waals surface area contributed by atoms with Gasteiger partial charge in [-0.3, -0.25) is 4.79 Å². The first-order chi connectivity index (χ1) is 13.4. The predicted octanol–water partition coefficient (Wildman–Crippen LogP) is 2.10. The third-order valence-corrected chi connectivity index (χ3v) is 7.67. The van der Waals surface area contributed by atoms with Gasteiger partial charge in [-0.05, 0) is 31.0 Å². The van der Waals surface area contributed by atoms with Crippen LogP contribution in [0.3, 0.4) is 0 Å². The lowest BCUT2D eigenvalue weighted by atomic mass is 10.2. The Labute approximate surface area is 172 Å². The van der Waals surface area contributed by atoms with Crippen molar-refractivity contribution in [3.8, 4) is 5.75 Å².